The standard InChI is InChI=1S/C24H29FN6O3/c1-34-11-10-31-24(33)30-9-6-20(13-21(30)27-31)29-8-3-5-18-12-19(15-26-22(18)29)23(32)28-7-2-4-17(14-25)16-28/h6,9,12-13,15,17H,2-5,7-8,10-11,14,16H2,1H3/t17-/m1/s1. The van der Waals surface area contributed by atoms with E-state index in [0.717, 1.165) is 49.3 Å². The van der Waals surface area contributed by atoms with Crippen LogP contribution in [0.25, 0.3) is 5.65 Å². The first kappa shape index (κ1) is 22.5. The zero-order valence-electron chi connectivity index (χ0n) is 19.3. The van der Waals surface area contributed by atoms with Crippen molar-refractivity contribution in [3.63, 3.8) is 0 Å². The summed E-state index contributed by atoms with van der Waals surface area (Å²) in [4.78, 5) is 34.1. The van der Waals surface area contributed by atoms with E-state index in [9.17, 15) is 14.0 Å². The molecule has 5 heterocycles. The van der Waals surface area contributed by atoms with Crippen molar-refractivity contribution in [2.24, 2.45) is 5.92 Å². The Hall–Kier alpha value is -3.27. The Bertz CT molecular complexity index is 1260. The highest BCUT2D eigenvalue weighted by Crippen LogP contribution is 2.33. The van der Waals surface area contributed by atoms with Crippen LogP contribution < -0.4 is 10.6 Å². The lowest BCUT2D eigenvalue weighted by Crippen LogP contribution is -2.40. The number of hydrogen-bond acceptors (Lipinski definition) is 6. The average molecular weight is 469 g/mol. The number of rotatable bonds is 6. The van der Waals surface area contributed by atoms with E-state index >= 15 is 0 Å². The second-order valence-electron chi connectivity index (χ2n) is 8.99. The minimum absolute atomic E-state index is 0.0702. The summed E-state index contributed by atoms with van der Waals surface area (Å²) < 4.78 is 21.1. The van der Waals surface area contributed by atoms with Crippen LogP contribution >= 0.6 is 0 Å². The van der Waals surface area contributed by atoms with Gasteiger partial charge in [0.05, 0.1) is 25.4 Å². The number of carbonyl (C=O) groups excluding carboxylic acids is 1. The largest absolute Gasteiger partial charge is 0.383 e. The highest BCUT2D eigenvalue weighted by atomic mass is 19.1. The van der Waals surface area contributed by atoms with Crippen LogP contribution in [-0.2, 0) is 17.7 Å². The fraction of sp³-hybridized carbons (Fsp3) is 0.500. The summed E-state index contributed by atoms with van der Waals surface area (Å²) in [5.74, 6) is 0.667. The highest BCUT2D eigenvalue weighted by molar-refractivity contribution is 5.94. The Morgan fingerprint density at radius 2 is 2.15 bits per heavy atom. The van der Waals surface area contributed by atoms with E-state index in [1.54, 1.807) is 24.4 Å². The van der Waals surface area contributed by atoms with Gasteiger partial charge >= 0.3 is 5.69 Å². The summed E-state index contributed by atoms with van der Waals surface area (Å²) in [6, 6.07) is 5.70. The number of aromatic nitrogens is 4. The van der Waals surface area contributed by atoms with Crippen LogP contribution in [0.1, 0.15) is 35.2 Å². The number of piperidine rings is 1. The molecule has 0 spiro atoms. The first-order chi connectivity index (χ1) is 16.6. The summed E-state index contributed by atoms with van der Waals surface area (Å²) in [5, 5.41) is 4.43. The maximum atomic E-state index is 13.1. The predicted molar refractivity (Wildman–Crippen MR) is 125 cm³/mol. The van der Waals surface area contributed by atoms with E-state index in [2.05, 4.69) is 15.0 Å². The van der Waals surface area contributed by atoms with Crippen molar-refractivity contribution >= 4 is 23.1 Å². The van der Waals surface area contributed by atoms with E-state index in [-0.39, 0.29) is 24.2 Å². The molecule has 2 aliphatic heterocycles. The molecular weight excluding hydrogens is 439 g/mol. The summed E-state index contributed by atoms with van der Waals surface area (Å²) >= 11 is 0. The molecule has 1 atom stereocenters. The second-order valence-corrected chi connectivity index (χ2v) is 8.99. The fourth-order valence-electron chi connectivity index (χ4n) is 4.89. The van der Waals surface area contributed by atoms with Crippen molar-refractivity contribution in [2.45, 2.75) is 32.2 Å². The van der Waals surface area contributed by atoms with Crippen LogP contribution in [0.4, 0.5) is 15.9 Å². The maximum Gasteiger partial charge on any atom is 0.350 e. The molecule has 1 amide bonds. The average Bonchev–Trinajstić information content (AvgIpc) is 3.20. The zero-order chi connectivity index (χ0) is 23.7. The van der Waals surface area contributed by atoms with E-state index in [1.807, 2.05) is 18.2 Å². The van der Waals surface area contributed by atoms with E-state index in [1.165, 1.54) is 9.08 Å². The van der Waals surface area contributed by atoms with Gasteiger partial charge < -0.3 is 14.5 Å². The molecule has 0 radical (unpaired) electrons. The van der Waals surface area contributed by atoms with Gasteiger partial charge in [0, 0.05) is 56.8 Å². The molecule has 3 aromatic heterocycles. The number of aryl methyl sites for hydroxylation is 1. The molecule has 1 fully saturated rings. The van der Waals surface area contributed by atoms with Gasteiger partial charge in [-0.1, -0.05) is 0 Å². The third-order valence-electron chi connectivity index (χ3n) is 6.68. The molecule has 2 aliphatic rings. The zero-order valence-corrected chi connectivity index (χ0v) is 19.3. The fourth-order valence-corrected chi connectivity index (χ4v) is 4.89. The van der Waals surface area contributed by atoms with Gasteiger partial charge in [-0.25, -0.2) is 14.5 Å². The Kier molecular flexibility index (Phi) is 6.32. The van der Waals surface area contributed by atoms with Crippen molar-refractivity contribution in [1.82, 2.24) is 24.1 Å². The first-order valence-electron chi connectivity index (χ1n) is 11.8. The van der Waals surface area contributed by atoms with Crippen molar-refractivity contribution in [3.8, 4) is 0 Å². The third-order valence-corrected chi connectivity index (χ3v) is 6.68. The van der Waals surface area contributed by atoms with Crippen LogP contribution in [0.5, 0.6) is 0 Å². The number of fused-ring (bicyclic) bond motifs is 2. The van der Waals surface area contributed by atoms with E-state index in [4.69, 9.17) is 4.74 Å². The minimum Gasteiger partial charge on any atom is -0.383 e. The molecule has 34 heavy (non-hydrogen) atoms. The molecule has 10 heteroatoms. The lowest BCUT2D eigenvalue weighted by molar-refractivity contribution is 0.0656. The topological polar surface area (TPSA) is 85.0 Å². The predicted octanol–water partition coefficient (Wildman–Crippen LogP) is 2.44. The number of amides is 1. The van der Waals surface area contributed by atoms with Crippen molar-refractivity contribution in [2.75, 3.05) is 44.9 Å². The number of alkyl halides is 1. The number of carbonyl (C=O) groups is 1. The SMILES string of the molecule is COCCn1nc2cc(N3CCCc4cc(C(=O)N5CCC[C@H](CF)C5)cnc43)ccn2c1=O. The van der Waals surface area contributed by atoms with Crippen molar-refractivity contribution < 1.29 is 13.9 Å². The molecule has 0 bridgehead atoms. The van der Waals surface area contributed by atoms with Crippen LogP contribution in [0.2, 0.25) is 0 Å². The van der Waals surface area contributed by atoms with Gasteiger partial charge in [-0.2, -0.15) is 0 Å². The summed E-state index contributed by atoms with van der Waals surface area (Å²) in [5.41, 5.74) is 2.82. The first-order valence-corrected chi connectivity index (χ1v) is 11.8. The van der Waals surface area contributed by atoms with E-state index in [0.29, 0.717) is 37.5 Å². The van der Waals surface area contributed by atoms with Crippen LogP contribution in [-0.4, -0.2) is 70.0 Å². The van der Waals surface area contributed by atoms with Crippen LogP contribution in [0, 0.1) is 5.92 Å². The second kappa shape index (κ2) is 9.54. The lowest BCUT2D eigenvalue weighted by atomic mass is 9.98. The number of anilines is 2. The van der Waals surface area contributed by atoms with Gasteiger partial charge in [0.25, 0.3) is 5.91 Å². The smallest absolute Gasteiger partial charge is 0.350 e. The molecule has 3 aromatic rings. The quantitative estimate of drug-likeness (QED) is 0.553. The van der Waals surface area contributed by atoms with Crippen molar-refractivity contribution in [1.29, 1.82) is 0 Å². The number of methoxy groups -OCH3 is 1. The van der Waals surface area contributed by atoms with Gasteiger partial charge in [0.2, 0.25) is 0 Å². The highest BCUT2D eigenvalue weighted by Gasteiger charge is 2.27. The summed E-state index contributed by atoms with van der Waals surface area (Å²) in [6.07, 6.45) is 6.77. The van der Waals surface area contributed by atoms with Crippen LogP contribution in [0.15, 0.2) is 35.4 Å². The van der Waals surface area contributed by atoms with Gasteiger partial charge in [0.1, 0.15) is 5.82 Å². The summed E-state index contributed by atoms with van der Waals surface area (Å²) in [6.45, 7) is 2.32. The van der Waals surface area contributed by atoms with Gasteiger partial charge in [-0.3, -0.25) is 13.6 Å². The molecule has 0 saturated carbocycles. The Labute approximate surface area is 196 Å². The monoisotopic (exact) mass is 468 g/mol. The Balaban J connectivity index is 1.41. The van der Waals surface area contributed by atoms with E-state index < -0.39 is 0 Å². The molecule has 0 N–H and O–H groups in total. The number of likely N-dealkylation sites (tertiary alicyclic amines) is 1. The molecule has 0 aromatic carbocycles. The third kappa shape index (κ3) is 4.18. The number of pyridine rings is 2. The van der Waals surface area contributed by atoms with Crippen LogP contribution in [0.3, 0.4) is 0 Å². The molecule has 1 saturated heterocycles. The molecule has 9 nitrogen and oxygen atoms in total. The van der Waals surface area contributed by atoms with Gasteiger partial charge in [-0.15, -0.1) is 5.10 Å². The van der Waals surface area contributed by atoms with Gasteiger partial charge in [-0.05, 0) is 43.4 Å². The number of nitrogens with zero attached hydrogens (tertiary/aromatic N) is 6. The Morgan fingerprint density at radius 3 is 2.97 bits per heavy atom. The Morgan fingerprint density at radius 1 is 1.26 bits per heavy atom. The molecule has 5 rings (SSSR count). The van der Waals surface area contributed by atoms with Crippen molar-refractivity contribution in [3.05, 3.63) is 52.2 Å². The number of halogens is 1. The van der Waals surface area contributed by atoms with Gasteiger partial charge in [0.15, 0.2) is 5.65 Å². The molecule has 0 unspecified atom stereocenters. The normalized spacial score (nSPS) is 18.4. The molecule has 180 valence electrons. The summed E-state index contributed by atoms with van der Waals surface area (Å²) in [7, 11) is 1.59. The number of hydrogen-bond donors (Lipinski definition) is 0. The lowest BCUT2D eigenvalue weighted by Gasteiger charge is -2.33. The molecule has 0 aliphatic carbocycles. The minimum atomic E-state index is -0.387. The number of ether oxygens (including phenoxy) is 1. The molecular formula is C24H29FN6O3. The maximum absolute atomic E-state index is 13.1.